The fourth-order valence-corrected chi connectivity index (χ4v) is 1.67. The third kappa shape index (κ3) is 1.86. The van der Waals surface area contributed by atoms with E-state index in [9.17, 15) is 10.2 Å². The lowest BCUT2D eigenvalue weighted by molar-refractivity contribution is -0.163. The van der Waals surface area contributed by atoms with Gasteiger partial charge in [-0.1, -0.05) is 6.08 Å². The highest BCUT2D eigenvalue weighted by molar-refractivity contribution is 5.65. The minimum atomic E-state index is -1.51. The van der Waals surface area contributed by atoms with Crippen LogP contribution in [0, 0.1) is 0 Å². The second-order valence-electron chi connectivity index (χ2n) is 3.82. The van der Waals surface area contributed by atoms with Crippen LogP contribution in [0.1, 0.15) is 24.8 Å². The second kappa shape index (κ2) is 3.22. The lowest BCUT2D eigenvalue weighted by Crippen LogP contribution is -2.29. The Hall–Kier alpha value is -1.13. The number of allylic oxidation sites excluding steroid dienone is 1. The molecule has 0 aromatic carbocycles. The van der Waals surface area contributed by atoms with Crippen molar-refractivity contribution in [3.63, 3.8) is 0 Å². The minimum Gasteiger partial charge on any atom is -0.365 e. The molecule has 1 aliphatic carbocycles. The normalized spacial score (nSPS) is 20.6. The van der Waals surface area contributed by atoms with Gasteiger partial charge >= 0.3 is 0 Å². The summed E-state index contributed by atoms with van der Waals surface area (Å²) in [5, 5.41) is 22.7. The molecule has 0 saturated carbocycles. The van der Waals surface area contributed by atoms with Gasteiger partial charge in [0.15, 0.2) is 5.79 Å². The zero-order valence-electron chi connectivity index (χ0n) is 8.14. The molecule has 1 heterocycles. The first-order valence-corrected chi connectivity index (χ1v) is 4.70. The number of hydrogen-bond acceptors (Lipinski definition) is 3. The van der Waals surface area contributed by atoms with E-state index >= 15 is 0 Å². The van der Waals surface area contributed by atoms with Crippen molar-refractivity contribution in [1.82, 2.24) is 9.78 Å². The summed E-state index contributed by atoms with van der Waals surface area (Å²) >= 11 is 0. The molecule has 2 rings (SSSR count). The van der Waals surface area contributed by atoms with Crippen LogP contribution in [0.4, 0.5) is 0 Å². The summed E-state index contributed by atoms with van der Waals surface area (Å²) in [4.78, 5) is 0. The van der Waals surface area contributed by atoms with Crippen molar-refractivity contribution < 1.29 is 10.2 Å². The molecule has 0 radical (unpaired) electrons. The Kier molecular flexibility index (Phi) is 2.17. The van der Waals surface area contributed by atoms with Gasteiger partial charge in [0.05, 0.1) is 6.20 Å². The summed E-state index contributed by atoms with van der Waals surface area (Å²) < 4.78 is 1.75. The topological polar surface area (TPSA) is 58.3 Å². The maximum atomic E-state index is 9.33. The molecule has 0 bridgehead atoms. The van der Waals surface area contributed by atoms with E-state index in [1.165, 1.54) is 0 Å². The number of aryl methyl sites for hydroxylation is 1. The molecule has 4 nitrogen and oxygen atoms in total. The molecule has 2 N–H and O–H groups in total. The lowest BCUT2D eigenvalue weighted by Gasteiger charge is -2.25. The molecular formula is C10H14N2O2. The van der Waals surface area contributed by atoms with Crippen molar-refractivity contribution in [3.8, 4) is 0 Å². The van der Waals surface area contributed by atoms with E-state index in [2.05, 4.69) is 5.10 Å². The van der Waals surface area contributed by atoms with Gasteiger partial charge in [0.25, 0.3) is 0 Å². The summed E-state index contributed by atoms with van der Waals surface area (Å²) in [7, 11) is 1.87. The largest absolute Gasteiger partial charge is 0.365 e. The average molecular weight is 194 g/mol. The molecule has 1 aromatic rings. The molecule has 0 fully saturated rings. The molecule has 14 heavy (non-hydrogen) atoms. The molecule has 1 aromatic heterocycles. The van der Waals surface area contributed by atoms with Crippen molar-refractivity contribution in [2.75, 3.05) is 0 Å². The maximum absolute atomic E-state index is 9.33. The molecule has 76 valence electrons. The van der Waals surface area contributed by atoms with Crippen molar-refractivity contribution in [3.05, 3.63) is 24.0 Å². The van der Waals surface area contributed by atoms with E-state index in [1.807, 2.05) is 19.3 Å². The summed E-state index contributed by atoms with van der Waals surface area (Å²) in [6, 6.07) is 0. The van der Waals surface area contributed by atoms with Gasteiger partial charge < -0.3 is 10.2 Å². The third-order valence-corrected chi connectivity index (χ3v) is 2.55. The number of rotatable bonds is 1. The Morgan fingerprint density at radius 2 is 2.29 bits per heavy atom. The average Bonchev–Trinajstić information content (AvgIpc) is 2.52. The zero-order chi connectivity index (χ0) is 10.2. The predicted molar refractivity (Wildman–Crippen MR) is 52.2 cm³/mol. The Balaban J connectivity index is 2.18. The molecule has 4 heteroatoms. The number of aromatic nitrogens is 2. The van der Waals surface area contributed by atoms with E-state index in [0.29, 0.717) is 19.3 Å². The first-order valence-electron chi connectivity index (χ1n) is 4.70. The Labute approximate surface area is 82.5 Å². The SMILES string of the molecule is Cn1cc(C2=CCC(O)(O)CC2)cn1. The Morgan fingerprint density at radius 3 is 2.79 bits per heavy atom. The summed E-state index contributed by atoms with van der Waals surface area (Å²) in [6.07, 6.45) is 7.01. The quantitative estimate of drug-likeness (QED) is 0.646. The van der Waals surface area contributed by atoms with Crippen LogP contribution in [-0.2, 0) is 7.05 Å². The number of nitrogens with zero attached hydrogens (tertiary/aromatic N) is 2. The van der Waals surface area contributed by atoms with Crippen LogP contribution < -0.4 is 0 Å². The van der Waals surface area contributed by atoms with Crippen molar-refractivity contribution >= 4 is 5.57 Å². The molecule has 0 saturated heterocycles. The maximum Gasteiger partial charge on any atom is 0.166 e. The molecular weight excluding hydrogens is 180 g/mol. The number of aliphatic hydroxyl groups is 2. The summed E-state index contributed by atoms with van der Waals surface area (Å²) in [6.45, 7) is 0. The van der Waals surface area contributed by atoms with Crippen LogP contribution in [0.3, 0.4) is 0 Å². The van der Waals surface area contributed by atoms with E-state index in [0.717, 1.165) is 11.1 Å². The second-order valence-corrected chi connectivity index (χ2v) is 3.82. The van der Waals surface area contributed by atoms with Crippen LogP contribution in [0.15, 0.2) is 18.5 Å². The summed E-state index contributed by atoms with van der Waals surface area (Å²) in [5.74, 6) is -1.51. The van der Waals surface area contributed by atoms with Gasteiger partial charge in [-0.25, -0.2) is 0 Å². The van der Waals surface area contributed by atoms with Crippen molar-refractivity contribution in [1.29, 1.82) is 0 Å². The van der Waals surface area contributed by atoms with Gasteiger partial charge in [-0.05, 0) is 12.0 Å². The van der Waals surface area contributed by atoms with E-state index < -0.39 is 5.79 Å². The first kappa shape index (κ1) is 9.43. The first-order chi connectivity index (χ1) is 6.57. The van der Waals surface area contributed by atoms with Crippen LogP contribution >= 0.6 is 0 Å². The van der Waals surface area contributed by atoms with E-state index in [-0.39, 0.29) is 0 Å². The van der Waals surface area contributed by atoms with Crippen LogP contribution in [0.5, 0.6) is 0 Å². The fourth-order valence-electron chi connectivity index (χ4n) is 1.67. The van der Waals surface area contributed by atoms with Gasteiger partial charge in [0, 0.05) is 31.6 Å². The van der Waals surface area contributed by atoms with E-state index in [1.54, 1.807) is 10.9 Å². The van der Waals surface area contributed by atoms with Crippen molar-refractivity contribution in [2.45, 2.75) is 25.0 Å². The number of hydrogen-bond donors (Lipinski definition) is 2. The lowest BCUT2D eigenvalue weighted by atomic mass is 9.91. The predicted octanol–water partition coefficient (Wildman–Crippen LogP) is 0.668. The highest BCUT2D eigenvalue weighted by Gasteiger charge is 2.26. The molecule has 0 spiro atoms. The van der Waals surface area contributed by atoms with Gasteiger partial charge in [-0.15, -0.1) is 0 Å². The van der Waals surface area contributed by atoms with Gasteiger partial charge in [0.2, 0.25) is 0 Å². The monoisotopic (exact) mass is 194 g/mol. The Bertz CT molecular complexity index is 366. The highest BCUT2D eigenvalue weighted by Crippen LogP contribution is 2.30. The zero-order valence-corrected chi connectivity index (χ0v) is 8.14. The van der Waals surface area contributed by atoms with Crippen LogP contribution in [0.25, 0.3) is 5.57 Å². The van der Waals surface area contributed by atoms with Gasteiger partial charge in [0.1, 0.15) is 0 Å². The highest BCUT2D eigenvalue weighted by atomic mass is 16.5. The molecule has 0 unspecified atom stereocenters. The fraction of sp³-hybridized carbons (Fsp3) is 0.500. The smallest absolute Gasteiger partial charge is 0.166 e. The molecule has 1 aliphatic rings. The third-order valence-electron chi connectivity index (χ3n) is 2.55. The standard InChI is InChI=1S/C10H14N2O2/c1-12-7-9(6-11-12)8-2-4-10(13,14)5-3-8/h2,6-7,13-14H,3-5H2,1H3. The van der Waals surface area contributed by atoms with E-state index in [4.69, 9.17) is 0 Å². The van der Waals surface area contributed by atoms with Crippen LogP contribution in [0.2, 0.25) is 0 Å². The molecule has 0 aliphatic heterocycles. The van der Waals surface area contributed by atoms with Crippen LogP contribution in [-0.4, -0.2) is 25.8 Å². The summed E-state index contributed by atoms with van der Waals surface area (Å²) in [5.41, 5.74) is 2.22. The minimum absolute atomic E-state index is 0.303. The molecule has 0 atom stereocenters. The van der Waals surface area contributed by atoms with Crippen molar-refractivity contribution in [2.24, 2.45) is 7.05 Å². The molecule has 0 amide bonds. The van der Waals surface area contributed by atoms with Gasteiger partial charge in [-0.3, -0.25) is 4.68 Å². The Morgan fingerprint density at radius 1 is 1.50 bits per heavy atom. The van der Waals surface area contributed by atoms with Gasteiger partial charge in [-0.2, -0.15) is 5.10 Å².